The summed E-state index contributed by atoms with van der Waals surface area (Å²) in [5, 5.41) is 18.4. The number of aryl methyl sites for hydroxylation is 1. The maximum atomic E-state index is 10.8. The van der Waals surface area contributed by atoms with E-state index in [1.54, 1.807) is 19.1 Å². The van der Waals surface area contributed by atoms with Gasteiger partial charge in [-0.3, -0.25) is 0 Å². The molecular formula is C11H14O5. The summed E-state index contributed by atoms with van der Waals surface area (Å²) in [6.07, 6.45) is -1.66. The highest BCUT2D eigenvalue weighted by molar-refractivity contribution is 5.77. The number of carboxylic acids is 1. The molecule has 0 spiro atoms. The van der Waals surface area contributed by atoms with Gasteiger partial charge in [0.25, 0.3) is 0 Å². The average molecular weight is 226 g/mol. The van der Waals surface area contributed by atoms with Crippen molar-refractivity contribution in [3.05, 3.63) is 23.3 Å². The van der Waals surface area contributed by atoms with Crippen LogP contribution in [0.25, 0.3) is 0 Å². The smallest absolute Gasteiger partial charge is 0.337 e. The summed E-state index contributed by atoms with van der Waals surface area (Å²) in [5.74, 6) is -0.728. The Morgan fingerprint density at radius 1 is 1.31 bits per heavy atom. The minimum Gasteiger partial charge on any atom is -0.496 e. The largest absolute Gasteiger partial charge is 0.496 e. The summed E-state index contributed by atoms with van der Waals surface area (Å²) >= 11 is 0. The van der Waals surface area contributed by atoms with Crippen LogP contribution in [0.1, 0.15) is 17.2 Å². The van der Waals surface area contributed by atoms with Gasteiger partial charge >= 0.3 is 5.97 Å². The summed E-state index contributed by atoms with van der Waals surface area (Å²) in [6, 6.07) is 3.33. The van der Waals surface area contributed by atoms with Gasteiger partial charge in [0.1, 0.15) is 11.5 Å². The number of aliphatic carboxylic acids is 1. The fourth-order valence-electron chi connectivity index (χ4n) is 1.52. The summed E-state index contributed by atoms with van der Waals surface area (Å²) in [4.78, 5) is 10.8. The molecule has 0 aromatic heterocycles. The molecule has 0 aliphatic rings. The number of methoxy groups -OCH3 is 2. The molecule has 0 amide bonds. The summed E-state index contributed by atoms with van der Waals surface area (Å²) in [5.41, 5.74) is 0.871. The first-order valence-electron chi connectivity index (χ1n) is 4.65. The van der Waals surface area contributed by atoms with Gasteiger partial charge in [0.15, 0.2) is 6.10 Å². The fraction of sp³-hybridized carbons (Fsp3) is 0.364. The molecule has 0 saturated heterocycles. The minimum atomic E-state index is -1.66. The average Bonchev–Trinajstić information content (AvgIpc) is 2.27. The van der Waals surface area contributed by atoms with Crippen molar-refractivity contribution in [2.75, 3.05) is 14.2 Å². The zero-order valence-electron chi connectivity index (χ0n) is 9.35. The Labute approximate surface area is 93.2 Å². The lowest BCUT2D eigenvalue weighted by molar-refractivity contribution is -0.147. The molecule has 1 atom stereocenters. The highest BCUT2D eigenvalue weighted by atomic mass is 16.5. The second kappa shape index (κ2) is 4.85. The van der Waals surface area contributed by atoms with E-state index >= 15 is 0 Å². The van der Waals surface area contributed by atoms with E-state index in [-0.39, 0.29) is 11.3 Å². The zero-order chi connectivity index (χ0) is 12.3. The van der Waals surface area contributed by atoms with Crippen LogP contribution >= 0.6 is 0 Å². The first-order chi connectivity index (χ1) is 7.52. The molecule has 1 aromatic rings. The molecule has 5 nitrogen and oxygen atoms in total. The Bertz CT molecular complexity index is 400. The van der Waals surface area contributed by atoms with Crippen molar-refractivity contribution in [1.29, 1.82) is 0 Å². The molecule has 0 bridgehead atoms. The van der Waals surface area contributed by atoms with Crippen LogP contribution in [0.15, 0.2) is 12.1 Å². The van der Waals surface area contributed by atoms with Crippen molar-refractivity contribution in [3.63, 3.8) is 0 Å². The van der Waals surface area contributed by atoms with Gasteiger partial charge in [-0.05, 0) is 18.6 Å². The van der Waals surface area contributed by atoms with Gasteiger partial charge in [0.2, 0.25) is 0 Å². The monoisotopic (exact) mass is 226 g/mol. The predicted molar refractivity (Wildman–Crippen MR) is 56.9 cm³/mol. The predicted octanol–water partition coefficient (Wildman–Crippen LogP) is 1.13. The number of hydrogen-bond donors (Lipinski definition) is 2. The van der Waals surface area contributed by atoms with Crippen molar-refractivity contribution < 1.29 is 24.5 Å². The van der Waals surface area contributed by atoms with E-state index in [2.05, 4.69) is 0 Å². The number of aliphatic hydroxyl groups excluding tert-OH is 1. The van der Waals surface area contributed by atoms with Gasteiger partial charge in [0, 0.05) is 0 Å². The topological polar surface area (TPSA) is 76.0 Å². The quantitative estimate of drug-likeness (QED) is 0.804. The summed E-state index contributed by atoms with van der Waals surface area (Å²) in [7, 11) is 2.82. The Kier molecular flexibility index (Phi) is 3.73. The molecule has 1 rings (SSSR count). The van der Waals surface area contributed by atoms with Crippen LogP contribution in [0.3, 0.4) is 0 Å². The van der Waals surface area contributed by atoms with E-state index in [9.17, 15) is 9.90 Å². The molecule has 2 N–H and O–H groups in total. The lowest BCUT2D eigenvalue weighted by Gasteiger charge is -2.17. The lowest BCUT2D eigenvalue weighted by atomic mass is 10.0. The molecule has 88 valence electrons. The van der Waals surface area contributed by atoms with Crippen LogP contribution in [0.5, 0.6) is 11.5 Å². The summed E-state index contributed by atoms with van der Waals surface area (Å²) in [6.45, 7) is 1.76. The van der Waals surface area contributed by atoms with Gasteiger partial charge in [-0.1, -0.05) is 6.07 Å². The number of aliphatic hydroxyl groups is 1. The third-order valence-corrected chi connectivity index (χ3v) is 2.28. The number of ether oxygens (including phenoxy) is 2. The highest BCUT2D eigenvalue weighted by Crippen LogP contribution is 2.36. The van der Waals surface area contributed by atoms with Crippen molar-refractivity contribution in [1.82, 2.24) is 0 Å². The maximum absolute atomic E-state index is 10.8. The van der Waals surface area contributed by atoms with Gasteiger partial charge in [-0.2, -0.15) is 0 Å². The molecule has 1 unspecified atom stereocenters. The van der Waals surface area contributed by atoms with Crippen LogP contribution in [-0.2, 0) is 4.79 Å². The molecule has 0 saturated carbocycles. The Morgan fingerprint density at radius 2 is 1.94 bits per heavy atom. The van der Waals surface area contributed by atoms with Crippen LogP contribution in [0.4, 0.5) is 0 Å². The number of carboxylic acid groups (broad SMARTS) is 1. The second-order valence-electron chi connectivity index (χ2n) is 3.27. The van der Waals surface area contributed by atoms with E-state index in [0.717, 1.165) is 5.56 Å². The molecule has 1 aromatic carbocycles. The summed E-state index contributed by atoms with van der Waals surface area (Å²) < 4.78 is 10.1. The van der Waals surface area contributed by atoms with Gasteiger partial charge in [0.05, 0.1) is 19.8 Å². The molecule has 0 fully saturated rings. The van der Waals surface area contributed by atoms with E-state index in [1.807, 2.05) is 0 Å². The molecule has 5 heteroatoms. The van der Waals surface area contributed by atoms with E-state index < -0.39 is 12.1 Å². The van der Waals surface area contributed by atoms with E-state index in [0.29, 0.717) is 5.75 Å². The van der Waals surface area contributed by atoms with Crippen LogP contribution in [0.2, 0.25) is 0 Å². The van der Waals surface area contributed by atoms with Crippen molar-refractivity contribution >= 4 is 5.97 Å². The second-order valence-corrected chi connectivity index (χ2v) is 3.27. The number of rotatable bonds is 4. The zero-order valence-corrected chi connectivity index (χ0v) is 9.35. The first-order valence-corrected chi connectivity index (χ1v) is 4.65. The Balaban J connectivity index is 3.41. The molecule has 0 radical (unpaired) electrons. The van der Waals surface area contributed by atoms with Crippen LogP contribution < -0.4 is 9.47 Å². The number of carbonyl (C=O) groups is 1. The molecule has 16 heavy (non-hydrogen) atoms. The molecule has 0 aliphatic carbocycles. The number of benzene rings is 1. The van der Waals surface area contributed by atoms with Gasteiger partial charge < -0.3 is 19.7 Å². The third-order valence-electron chi connectivity index (χ3n) is 2.28. The van der Waals surface area contributed by atoms with E-state index in [4.69, 9.17) is 14.6 Å². The van der Waals surface area contributed by atoms with Crippen molar-refractivity contribution in [3.8, 4) is 11.5 Å². The standard InChI is InChI=1S/C11H14O5/c1-6-4-5-7(15-2)8(10(6)16-3)9(12)11(13)14/h4-5,9,12H,1-3H3,(H,13,14). The first kappa shape index (κ1) is 12.3. The van der Waals surface area contributed by atoms with Gasteiger partial charge in [-0.15, -0.1) is 0 Å². The van der Waals surface area contributed by atoms with Gasteiger partial charge in [-0.25, -0.2) is 4.79 Å². The van der Waals surface area contributed by atoms with Crippen molar-refractivity contribution in [2.24, 2.45) is 0 Å². The van der Waals surface area contributed by atoms with Crippen LogP contribution in [0, 0.1) is 6.92 Å². The lowest BCUT2D eigenvalue weighted by Crippen LogP contribution is -2.13. The molecule has 0 heterocycles. The maximum Gasteiger partial charge on any atom is 0.337 e. The molecular weight excluding hydrogens is 212 g/mol. The number of hydrogen-bond acceptors (Lipinski definition) is 4. The minimum absolute atomic E-state index is 0.137. The third kappa shape index (κ3) is 2.09. The Morgan fingerprint density at radius 3 is 2.38 bits per heavy atom. The fourth-order valence-corrected chi connectivity index (χ4v) is 1.52. The molecule has 0 aliphatic heterocycles. The van der Waals surface area contributed by atoms with Crippen LogP contribution in [-0.4, -0.2) is 30.4 Å². The normalized spacial score (nSPS) is 12.0. The SMILES string of the molecule is COc1ccc(C)c(OC)c1C(O)C(=O)O. The van der Waals surface area contributed by atoms with E-state index in [1.165, 1.54) is 14.2 Å². The highest BCUT2D eigenvalue weighted by Gasteiger charge is 2.25. The van der Waals surface area contributed by atoms with Crippen molar-refractivity contribution in [2.45, 2.75) is 13.0 Å². The Hall–Kier alpha value is -1.75.